The largest absolute Gasteiger partial charge is 0.384 e. The zero-order chi connectivity index (χ0) is 16.4. The summed E-state index contributed by atoms with van der Waals surface area (Å²) in [6.07, 6.45) is 0.973. The highest BCUT2D eigenvalue weighted by atomic mass is 32.1. The number of rotatable bonds is 5. The lowest BCUT2D eigenvalue weighted by molar-refractivity contribution is -0.123. The summed E-state index contributed by atoms with van der Waals surface area (Å²) in [7, 11) is 0. The molecule has 4 nitrogen and oxygen atoms in total. The molecule has 2 heterocycles. The van der Waals surface area contributed by atoms with Gasteiger partial charge < -0.3 is 15.3 Å². The summed E-state index contributed by atoms with van der Waals surface area (Å²) in [5.74, 6) is -0.0581. The quantitative estimate of drug-likeness (QED) is 0.886. The van der Waals surface area contributed by atoms with Crippen molar-refractivity contribution in [2.24, 2.45) is 0 Å². The third kappa shape index (κ3) is 3.26. The van der Waals surface area contributed by atoms with E-state index in [0.717, 1.165) is 24.2 Å². The molecule has 122 valence electrons. The van der Waals surface area contributed by atoms with Crippen LogP contribution in [0.2, 0.25) is 0 Å². The fraction of sp³-hybridized carbons (Fsp3) is 0.389. The van der Waals surface area contributed by atoms with Gasteiger partial charge in [0.15, 0.2) is 0 Å². The average Bonchev–Trinajstić information content (AvgIpc) is 3.21. The van der Waals surface area contributed by atoms with Gasteiger partial charge >= 0.3 is 0 Å². The fourth-order valence-electron chi connectivity index (χ4n) is 2.99. The van der Waals surface area contributed by atoms with Crippen LogP contribution >= 0.6 is 11.3 Å². The van der Waals surface area contributed by atoms with E-state index in [0.29, 0.717) is 0 Å². The Labute approximate surface area is 140 Å². The van der Waals surface area contributed by atoms with Crippen molar-refractivity contribution in [2.45, 2.75) is 31.9 Å². The Morgan fingerprint density at radius 3 is 2.96 bits per heavy atom. The van der Waals surface area contributed by atoms with E-state index in [4.69, 9.17) is 0 Å². The number of carbonyl (C=O) groups is 1. The molecule has 2 N–H and O–H groups in total. The van der Waals surface area contributed by atoms with Crippen LogP contribution in [0.15, 0.2) is 41.1 Å². The monoisotopic (exact) mass is 330 g/mol. The highest BCUT2D eigenvalue weighted by Gasteiger charge is 2.29. The Bertz CT molecular complexity index is 682. The van der Waals surface area contributed by atoms with Crippen molar-refractivity contribution in [3.63, 3.8) is 0 Å². The van der Waals surface area contributed by atoms with Crippen molar-refractivity contribution in [1.82, 2.24) is 5.32 Å². The zero-order valence-electron chi connectivity index (χ0n) is 13.5. The van der Waals surface area contributed by atoms with E-state index in [-0.39, 0.29) is 18.5 Å². The van der Waals surface area contributed by atoms with Crippen LogP contribution < -0.4 is 10.2 Å². The summed E-state index contributed by atoms with van der Waals surface area (Å²) in [6, 6.07) is 9.84. The maximum absolute atomic E-state index is 12.5. The summed E-state index contributed by atoms with van der Waals surface area (Å²) in [5, 5.41) is 17.2. The summed E-state index contributed by atoms with van der Waals surface area (Å²) in [6.45, 7) is 4.71. The number of anilines is 1. The first-order chi connectivity index (χ1) is 11.0. The van der Waals surface area contributed by atoms with E-state index in [1.54, 1.807) is 6.92 Å². The van der Waals surface area contributed by atoms with Gasteiger partial charge in [-0.15, -0.1) is 0 Å². The van der Waals surface area contributed by atoms with Crippen LogP contribution in [-0.2, 0) is 16.8 Å². The normalized spacial score (nSPS) is 17.4. The maximum atomic E-state index is 12.5. The van der Waals surface area contributed by atoms with E-state index in [2.05, 4.69) is 22.3 Å². The summed E-state index contributed by atoms with van der Waals surface area (Å²) < 4.78 is 0. The molecule has 1 aromatic heterocycles. The van der Waals surface area contributed by atoms with Gasteiger partial charge in [0.1, 0.15) is 11.6 Å². The van der Waals surface area contributed by atoms with Gasteiger partial charge in [0, 0.05) is 12.2 Å². The SMILES string of the molecule is C[C@@H](C(=O)NC[C@](C)(O)c1ccsc1)N1CCc2ccccc21. The number of aliphatic hydroxyl groups is 1. The first-order valence-electron chi connectivity index (χ1n) is 7.86. The van der Waals surface area contributed by atoms with Gasteiger partial charge in [-0.25, -0.2) is 0 Å². The molecule has 1 aliphatic heterocycles. The first-order valence-corrected chi connectivity index (χ1v) is 8.80. The minimum absolute atomic E-state index is 0.0581. The molecule has 23 heavy (non-hydrogen) atoms. The van der Waals surface area contributed by atoms with Gasteiger partial charge in [0.25, 0.3) is 0 Å². The van der Waals surface area contributed by atoms with Crippen LogP contribution in [0.4, 0.5) is 5.69 Å². The molecule has 1 aliphatic rings. The molecule has 2 aromatic rings. The fourth-order valence-corrected chi connectivity index (χ4v) is 3.77. The molecule has 0 bridgehead atoms. The molecule has 1 amide bonds. The summed E-state index contributed by atoms with van der Waals surface area (Å²) >= 11 is 1.54. The van der Waals surface area contributed by atoms with Crippen LogP contribution in [0, 0.1) is 0 Å². The lowest BCUT2D eigenvalue weighted by Gasteiger charge is -2.28. The number of thiophene rings is 1. The highest BCUT2D eigenvalue weighted by Crippen LogP contribution is 2.29. The van der Waals surface area contributed by atoms with E-state index in [9.17, 15) is 9.90 Å². The molecule has 0 saturated heterocycles. The molecular formula is C18H22N2O2S. The second-order valence-corrected chi connectivity index (χ2v) is 7.03. The van der Waals surface area contributed by atoms with Crippen LogP contribution in [0.25, 0.3) is 0 Å². The van der Waals surface area contributed by atoms with Gasteiger partial charge in [0.2, 0.25) is 5.91 Å². The number of nitrogens with one attached hydrogen (secondary N) is 1. The van der Waals surface area contributed by atoms with Crippen LogP contribution in [0.5, 0.6) is 0 Å². The predicted octanol–water partition coefficient (Wildman–Crippen LogP) is 2.52. The van der Waals surface area contributed by atoms with E-state index >= 15 is 0 Å². The zero-order valence-corrected chi connectivity index (χ0v) is 14.3. The van der Waals surface area contributed by atoms with E-state index < -0.39 is 5.60 Å². The number of carbonyl (C=O) groups excluding carboxylic acids is 1. The number of para-hydroxylation sites is 1. The van der Waals surface area contributed by atoms with E-state index in [1.807, 2.05) is 35.9 Å². The van der Waals surface area contributed by atoms with Crippen LogP contribution in [0.1, 0.15) is 25.0 Å². The number of benzene rings is 1. The van der Waals surface area contributed by atoms with Gasteiger partial charge in [-0.2, -0.15) is 11.3 Å². The smallest absolute Gasteiger partial charge is 0.242 e. The number of amides is 1. The Kier molecular flexibility index (Phi) is 4.41. The molecule has 0 spiro atoms. The number of hydrogen-bond donors (Lipinski definition) is 2. The Morgan fingerprint density at radius 1 is 1.43 bits per heavy atom. The lowest BCUT2D eigenvalue weighted by Crippen LogP contribution is -2.48. The Hall–Kier alpha value is -1.85. The summed E-state index contributed by atoms with van der Waals surface area (Å²) in [4.78, 5) is 14.6. The maximum Gasteiger partial charge on any atom is 0.242 e. The van der Waals surface area contributed by atoms with Crippen molar-refractivity contribution in [3.05, 3.63) is 52.2 Å². The molecule has 0 aliphatic carbocycles. The minimum Gasteiger partial charge on any atom is -0.384 e. The average molecular weight is 330 g/mol. The topological polar surface area (TPSA) is 52.6 Å². The predicted molar refractivity (Wildman–Crippen MR) is 93.9 cm³/mol. The summed E-state index contributed by atoms with van der Waals surface area (Å²) in [5.41, 5.74) is 2.22. The molecular weight excluding hydrogens is 308 g/mol. The van der Waals surface area contributed by atoms with Crippen LogP contribution in [0.3, 0.4) is 0 Å². The van der Waals surface area contributed by atoms with Gasteiger partial charge in [-0.3, -0.25) is 4.79 Å². The number of hydrogen-bond acceptors (Lipinski definition) is 4. The minimum atomic E-state index is -1.04. The number of nitrogens with zero attached hydrogens (tertiary/aromatic N) is 1. The molecule has 0 fully saturated rings. The molecule has 0 unspecified atom stereocenters. The second kappa shape index (κ2) is 6.34. The second-order valence-electron chi connectivity index (χ2n) is 6.25. The lowest BCUT2D eigenvalue weighted by atomic mass is 9.99. The standard InChI is InChI=1S/C18H22N2O2S/c1-13(20-9-7-14-5-3-4-6-16(14)20)17(21)19-12-18(2,22)15-8-10-23-11-15/h3-6,8,10-11,13,22H,7,9,12H2,1-2H3,(H,19,21)/t13-,18-/m0/s1. The molecule has 2 atom stereocenters. The first kappa shape index (κ1) is 16.0. The van der Waals surface area contributed by atoms with Crippen LogP contribution in [-0.4, -0.2) is 30.1 Å². The van der Waals surface area contributed by atoms with Gasteiger partial charge in [0.05, 0.1) is 6.54 Å². The van der Waals surface area contributed by atoms with Gasteiger partial charge in [-0.1, -0.05) is 18.2 Å². The Balaban J connectivity index is 1.63. The van der Waals surface area contributed by atoms with Crippen molar-refractivity contribution in [2.75, 3.05) is 18.0 Å². The third-order valence-electron chi connectivity index (χ3n) is 4.52. The van der Waals surface area contributed by atoms with E-state index in [1.165, 1.54) is 16.9 Å². The highest BCUT2D eigenvalue weighted by molar-refractivity contribution is 7.08. The number of fused-ring (bicyclic) bond motifs is 1. The van der Waals surface area contributed by atoms with Gasteiger partial charge in [-0.05, 0) is 54.3 Å². The van der Waals surface area contributed by atoms with Crippen molar-refractivity contribution in [1.29, 1.82) is 0 Å². The van der Waals surface area contributed by atoms with Crippen molar-refractivity contribution < 1.29 is 9.90 Å². The molecule has 0 saturated carbocycles. The molecule has 1 aromatic carbocycles. The Morgan fingerprint density at radius 2 is 2.22 bits per heavy atom. The molecule has 5 heteroatoms. The van der Waals surface area contributed by atoms with Crippen molar-refractivity contribution >= 4 is 22.9 Å². The molecule has 3 rings (SSSR count). The third-order valence-corrected chi connectivity index (χ3v) is 5.20. The molecule has 0 radical (unpaired) electrons. The van der Waals surface area contributed by atoms with Crippen molar-refractivity contribution in [3.8, 4) is 0 Å².